The Bertz CT molecular complexity index is 370. The number of hydrogen-bond acceptors (Lipinski definition) is 2. The Morgan fingerprint density at radius 1 is 1.10 bits per heavy atom. The van der Waals surface area contributed by atoms with Crippen molar-refractivity contribution in [2.45, 2.75) is 53.0 Å². The van der Waals surface area contributed by atoms with Gasteiger partial charge in [0.15, 0.2) is 0 Å². The first kappa shape index (κ1) is 18.2. The predicted octanol–water partition coefficient (Wildman–Crippen LogP) is 4.27. The van der Waals surface area contributed by atoms with Crippen molar-refractivity contribution in [3.05, 3.63) is 35.4 Å². The smallest absolute Gasteiger partial charge is 0.0449 e. The molecule has 1 aromatic rings. The monoisotopic (exact) mass is 290 g/mol. The normalized spacial score (nSPS) is 13.1. The zero-order valence-corrected chi connectivity index (χ0v) is 14.7. The van der Waals surface area contributed by atoms with Crippen LogP contribution in [0.25, 0.3) is 0 Å². The van der Waals surface area contributed by atoms with Gasteiger partial charge in [0.05, 0.1) is 0 Å². The number of benzene rings is 1. The molecule has 21 heavy (non-hydrogen) atoms. The van der Waals surface area contributed by atoms with Gasteiger partial charge in [-0.05, 0) is 50.0 Å². The second kappa shape index (κ2) is 9.97. The summed E-state index contributed by atoms with van der Waals surface area (Å²) in [6, 6.07) is 9.61. The number of rotatable bonds is 10. The Morgan fingerprint density at radius 2 is 1.76 bits per heavy atom. The number of hydrogen-bond donors (Lipinski definition) is 1. The molecule has 1 atom stereocenters. The third kappa shape index (κ3) is 7.10. The maximum atomic E-state index is 3.63. The summed E-state index contributed by atoms with van der Waals surface area (Å²) in [5, 5.41) is 3.63. The predicted molar refractivity (Wildman–Crippen MR) is 93.8 cm³/mol. The molecule has 0 heterocycles. The van der Waals surface area contributed by atoms with E-state index in [1.165, 1.54) is 36.9 Å². The van der Waals surface area contributed by atoms with Gasteiger partial charge in [-0.2, -0.15) is 0 Å². The van der Waals surface area contributed by atoms with E-state index < -0.39 is 0 Å². The Morgan fingerprint density at radius 3 is 2.29 bits per heavy atom. The molecule has 0 aliphatic heterocycles. The molecule has 0 spiro atoms. The van der Waals surface area contributed by atoms with Gasteiger partial charge in [-0.3, -0.25) is 0 Å². The molecule has 0 fully saturated rings. The van der Waals surface area contributed by atoms with E-state index in [-0.39, 0.29) is 0 Å². The van der Waals surface area contributed by atoms with Crippen LogP contribution in [0.15, 0.2) is 24.3 Å². The molecule has 0 saturated heterocycles. The summed E-state index contributed by atoms with van der Waals surface area (Å²) in [5.41, 5.74) is 2.86. The molecular weight excluding hydrogens is 256 g/mol. The van der Waals surface area contributed by atoms with Crippen molar-refractivity contribution in [1.29, 1.82) is 0 Å². The number of nitrogens with one attached hydrogen (secondary N) is 1. The highest BCUT2D eigenvalue weighted by atomic mass is 15.1. The third-order valence-electron chi connectivity index (χ3n) is 3.95. The average Bonchev–Trinajstić information content (AvgIpc) is 2.46. The first-order valence-corrected chi connectivity index (χ1v) is 8.57. The molecular formula is C19H34N2. The number of aryl methyl sites for hydroxylation is 1. The Labute approximate surface area is 131 Å². The maximum Gasteiger partial charge on any atom is 0.0449 e. The van der Waals surface area contributed by atoms with Gasteiger partial charge in [-0.25, -0.2) is 0 Å². The first-order chi connectivity index (χ1) is 10.1. The van der Waals surface area contributed by atoms with Crippen molar-refractivity contribution >= 4 is 0 Å². The van der Waals surface area contributed by atoms with Gasteiger partial charge in [0.2, 0.25) is 0 Å². The largest absolute Gasteiger partial charge is 0.309 e. The van der Waals surface area contributed by atoms with Gasteiger partial charge in [-0.15, -0.1) is 0 Å². The minimum absolute atomic E-state index is 0.433. The lowest BCUT2D eigenvalue weighted by molar-refractivity contribution is 0.276. The highest BCUT2D eigenvalue weighted by Gasteiger charge is 2.13. The lowest BCUT2D eigenvalue weighted by Gasteiger charge is -2.26. The summed E-state index contributed by atoms with van der Waals surface area (Å²) >= 11 is 0. The third-order valence-corrected chi connectivity index (χ3v) is 3.95. The van der Waals surface area contributed by atoms with Crippen LogP contribution >= 0.6 is 0 Å². The fraction of sp³-hybridized carbons (Fsp3) is 0.684. The van der Waals surface area contributed by atoms with Crippen LogP contribution in [0, 0.1) is 5.92 Å². The van der Waals surface area contributed by atoms with E-state index in [9.17, 15) is 0 Å². The molecule has 0 aliphatic carbocycles. The molecule has 0 radical (unpaired) electrons. The van der Waals surface area contributed by atoms with Gasteiger partial charge in [0.1, 0.15) is 0 Å². The molecule has 0 aliphatic rings. The van der Waals surface area contributed by atoms with Crippen molar-refractivity contribution in [1.82, 2.24) is 10.2 Å². The Kier molecular flexibility index (Phi) is 8.63. The molecule has 1 N–H and O–H groups in total. The van der Waals surface area contributed by atoms with Crippen molar-refractivity contribution in [3.8, 4) is 0 Å². The van der Waals surface area contributed by atoms with E-state index >= 15 is 0 Å². The molecule has 0 bridgehead atoms. The van der Waals surface area contributed by atoms with E-state index in [2.05, 4.69) is 69.2 Å². The van der Waals surface area contributed by atoms with Gasteiger partial charge in [0, 0.05) is 12.6 Å². The zero-order valence-electron chi connectivity index (χ0n) is 14.7. The fourth-order valence-corrected chi connectivity index (χ4v) is 2.62. The van der Waals surface area contributed by atoms with Crippen LogP contribution in [0.5, 0.6) is 0 Å². The van der Waals surface area contributed by atoms with Gasteiger partial charge in [-0.1, -0.05) is 58.4 Å². The molecule has 1 unspecified atom stereocenters. The standard InChI is InChI=1S/C19H34N2/c1-6-8-17-9-11-18(12-10-17)19(20-7-2)15-21(5)14-13-16(3)4/h9-12,16,19-20H,6-8,13-15H2,1-5H3. The van der Waals surface area contributed by atoms with Crippen LogP contribution < -0.4 is 5.32 Å². The number of nitrogens with zero attached hydrogens (tertiary/aromatic N) is 1. The summed E-state index contributed by atoms with van der Waals surface area (Å²) < 4.78 is 0. The van der Waals surface area contributed by atoms with E-state index in [0.717, 1.165) is 19.0 Å². The summed E-state index contributed by atoms with van der Waals surface area (Å²) in [7, 11) is 2.23. The quantitative estimate of drug-likeness (QED) is 0.692. The van der Waals surface area contributed by atoms with Crippen LogP contribution in [0.4, 0.5) is 0 Å². The fourth-order valence-electron chi connectivity index (χ4n) is 2.62. The SMILES string of the molecule is CCCc1ccc(C(CN(C)CCC(C)C)NCC)cc1. The lowest BCUT2D eigenvalue weighted by atomic mass is 10.0. The summed E-state index contributed by atoms with van der Waals surface area (Å²) in [5.74, 6) is 0.776. The van der Waals surface area contributed by atoms with E-state index in [0.29, 0.717) is 6.04 Å². The summed E-state index contributed by atoms with van der Waals surface area (Å²) in [6.45, 7) is 12.3. The van der Waals surface area contributed by atoms with Crippen LogP contribution in [-0.4, -0.2) is 31.6 Å². The molecule has 0 saturated carbocycles. The highest BCUT2D eigenvalue weighted by molar-refractivity contribution is 5.25. The number of likely N-dealkylation sites (N-methyl/N-ethyl adjacent to an activating group) is 2. The second-order valence-corrected chi connectivity index (χ2v) is 6.55. The van der Waals surface area contributed by atoms with Crippen molar-refractivity contribution in [2.24, 2.45) is 5.92 Å². The average molecular weight is 290 g/mol. The summed E-state index contributed by atoms with van der Waals surface area (Å²) in [6.07, 6.45) is 3.67. The second-order valence-electron chi connectivity index (χ2n) is 6.55. The molecule has 2 heteroatoms. The van der Waals surface area contributed by atoms with Gasteiger partial charge >= 0.3 is 0 Å². The molecule has 120 valence electrons. The van der Waals surface area contributed by atoms with Gasteiger partial charge < -0.3 is 10.2 Å². The minimum atomic E-state index is 0.433. The van der Waals surface area contributed by atoms with Crippen LogP contribution in [0.2, 0.25) is 0 Å². The van der Waals surface area contributed by atoms with Crippen LogP contribution in [0.1, 0.15) is 57.7 Å². The lowest BCUT2D eigenvalue weighted by Crippen LogP contribution is -2.33. The minimum Gasteiger partial charge on any atom is -0.309 e. The molecule has 0 amide bonds. The van der Waals surface area contributed by atoms with Crippen LogP contribution in [-0.2, 0) is 6.42 Å². The van der Waals surface area contributed by atoms with E-state index in [1.54, 1.807) is 0 Å². The molecule has 1 aromatic carbocycles. The molecule has 2 nitrogen and oxygen atoms in total. The first-order valence-electron chi connectivity index (χ1n) is 8.57. The van der Waals surface area contributed by atoms with E-state index in [4.69, 9.17) is 0 Å². The highest BCUT2D eigenvalue weighted by Crippen LogP contribution is 2.16. The topological polar surface area (TPSA) is 15.3 Å². The Balaban J connectivity index is 2.62. The van der Waals surface area contributed by atoms with Gasteiger partial charge in [0.25, 0.3) is 0 Å². The van der Waals surface area contributed by atoms with E-state index in [1.807, 2.05) is 0 Å². The summed E-state index contributed by atoms with van der Waals surface area (Å²) in [4.78, 5) is 2.45. The zero-order chi connectivity index (χ0) is 15.7. The Hall–Kier alpha value is -0.860. The van der Waals surface area contributed by atoms with Crippen LogP contribution in [0.3, 0.4) is 0 Å². The van der Waals surface area contributed by atoms with Crippen molar-refractivity contribution in [2.75, 3.05) is 26.7 Å². The molecule has 0 aromatic heterocycles. The van der Waals surface area contributed by atoms with Crippen molar-refractivity contribution in [3.63, 3.8) is 0 Å². The molecule has 1 rings (SSSR count). The maximum absolute atomic E-state index is 3.63. The van der Waals surface area contributed by atoms with Crippen molar-refractivity contribution < 1.29 is 0 Å².